The minimum absolute atomic E-state index is 0.0816. The first-order valence-corrected chi connectivity index (χ1v) is 9.94. The SMILES string of the molecule is Cn1c(=O)n2n(c1=O)C1CCC2C=C1[Si](C)(C)C. The Kier molecular flexibility index (Phi) is 2.21. The number of allylic oxidation sites excluding steroid dienone is 2. The fourth-order valence-corrected chi connectivity index (χ4v) is 5.20. The molecule has 98 valence electrons. The average molecular weight is 265 g/mol. The molecule has 0 spiro atoms. The maximum atomic E-state index is 12.2. The van der Waals surface area contributed by atoms with Crippen LogP contribution in [0.1, 0.15) is 24.9 Å². The molecule has 4 rings (SSSR count). The first-order valence-electron chi connectivity index (χ1n) is 6.44. The van der Waals surface area contributed by atoms with Crippen molar-refractivity contribution in [3.05, 3.63) is 32.2 Å². The normalized spacial score (nSPS) is 26.1. The van der Waals surface area contributed by atoms with Gasteiger partial charge in [-0.1, -0.05) is 30.9 Å². The molecule has 2 unspecified atom stereocenters. The first kappa shape index (κ1) is 11.8. The van der Waals surface area contributed by atoms with E-state index in [1.54, 1.807) is 16.4 Å². The minimum atomic E-state index is -1.43. The van der Waals surface area contributed by atoms with Crippen LogP contribution < -0.4 is 11.4 Å². The first-order chi connectivity index (χ1) is 8.32. The van der Waals surface area contributed by atoms with Crippen molar-refractivity contribution in [2.75, 3.05) is 0 Å². The average Bonchev–Trinajstić information content (AvgIpc) is 2.56. The summed E-state index contributed by atoms with van der Waals surface area (Å²) in [5.41, 5.74) is -0.348. The molecule has 0 aromatic carbocycles. The number of nitrogens with zero attached hydrogens (tertiary/aromatic N) is 3. The molecular weight excluding hydrogens is 246 g/mol. The van der Waals surface area contributed by atoms with Gasteiger partial charge in [-0.3, -0.25) is 0 Å². The quantitative estimate of drug-likeness (QED) is 0.712. The zero-order valence-corrected chi connectivity index (χ0v) is 12.3. The summed E-state index contributed by atoms with van der Waals surface area (Å²) in [4.78, 5) is 24.3. The van der Waals surface area contributed by atoms with E-state index in [2.05, 4.69) is 25.7 Å². The van der Waals surface area contributed by atoms with Crippen molar-refractivity contribution in [2.45, 2.75) is 44.6 Å². The molecule has 2 bridgehead atoms. The second kappa shape index (κ2) is 3.37. The highest BCUT2D eigenvalue weighted by atomic mass is 28.3. The molecule has 0 saturated heterocycles. The van der Waals surface area contributed by atoms with E-state index in [9.17, 15) is 9.59 Å². The highest BCUT2D eigenvalue weighted by molar-refractivity contribution is 6.83. The van der Waals surface area contributed by atoms with Gasteiger partial charge in [0.1, 0.15) is 0 Å². The van der Waals surface area contributed by atoms with Crippen molar-refractivity contribution in [2.24, 2.45) is 7.05 Å². The van der Waals surface area contributed by atoms with Crippen molar-refractivity contribution in [3.8, 4) is 0 Å². The third kappa shape index (κ3) is 1.32. The molecule has 0 amide bonds. The summed E-state index contributed by atoms with van der Waals surface area (Å²) in [7, 11) is 0.133. The maximum absolute atomic E-state index is 12.2. The lowest BCUT2D eigenvalue weighted by atomic mass is 9.96. The fraction of sp³-hybridized carbons (Fsp3) is 0.667. The van der Waals surface area contributed by atoms with Crippen LogP contribution in [0.25, 0.3) is 0 Å². The smallest absolute Gasteiger partial charge is 0.246 e. The number of hydrogen-bond acceptors (Lipinski definition) is 2. The molecule has 1 aromatic heterocycles. The van der Waals surface area contributed by atoms with E-state index in [1.165, 1.54) is 9.76 Å². The van der Waals surface area contributed by atoms with E-state index in [4.69, 9.17) is 0 Å². The summed E-state index contributed by atoms with van der Waals surface area (Å²) in [5, 5.41) is 1.42. The van der Waals surface area contributed by atoms with Crippen LogP contribution in [0, 0.1) is 0 Å². The van der Waals surface area contributed by atoms with Crippen LogP contribution in [0.5, 0.6) is 0 Å². The second-order valence-electron chi connectivity index (χ2n) is 6.35. The highest BCUT2D eigenvalue weighted by Crippen LogP contribution is 2.42. The monoisotopic (exact) mass is 265 g/mol. The Bertz CT molecular complexity index is 656. The van der Waals surface area contributed by atoms with Crippen molar-refractivity contribution in [3.63, 3.8) is 0 Å². The zero-order valence-electron chi connectivity index (χ0n) is 11.3. The van der Waals surface area contributed by atoms with Crippen LogP contribution in [0.15, 0.2) is 20.9 Å². The summed E-state index contributed by atoms with van der Waals surface area (Å²) in [5.74, 6) is 0. The minimum Gasteiger partial charge on any atom is -0.246 e. The maximum Gasteiger partial charge on any atom is 0.347 e. The van der Waals surface area contributed by atoms with Crippen molar-refractivity contribution in [1.29, 1.82) is 0 Å². The Morgan fingerprint density at radius 2 is 1.72 bits per heavy atom. The van der Waals surface area contributed by atoms with Gasteiger partial charge in [0.05, 0.1) is 20.2 Å². The van der Waals surface area contributed by atoms with Gasteiger partial charge in [0.15, 0.2) is 0 Å². The fourth-order valence-electron chi connectivity index (χ4n) is 3.24. The van der Waals surface area contributed by atoms with Crippen molar-refractivity contribution in [1.82, 2.24) is 13.9 Å². The summed E-state index contributed by atoms with van der Waals surface area (Å²) in [6.07, 6.45) is 4.22. The van der Waals surface area contributed by atoms with E-state index in [0.717, 1.165) is 12.8 Å². The Morgan fingerprint density at radius 1 is 1.11 bits per heavy atom. The standard InChI is InChI=1S/C12H19N3O2Si/c1-13-11(16)14-8-5-6-9(15(14)12(13)17)10(7-8)18(2,3)4/h7-9H,5-6H2,1-4H3. The predicted molar refractivity (Wildman–Crippen MR) is 72.7 cm³/mol. The van der Waals surface area contributed by atoms with Crippen molar-refractivity contribution < 1.29 is 0 Å². The molecule has 18 heavy (non-hydrogen) atoms. The molecule has 6 heteroatoms. The predicted octanol–water partition coefficient (Wildman–Crippen LogP) is 1.04. The third-order valence-electron chi connectivity index (χ3n) is 4.14. The van der Waals surface area contributed by atoms with E-state index in [1.807, 2.05) is 0 Å². The lowest BCUT2D eigenvalue weighted by Gasteiger charge is -2.41. The van der Waals surface area contributed by atoms with Gasteiger partial charge in [-0.15, -0.1) is 0 Å². The molecular formula is C12H19N3O2Si. The van der Waals surface area contributed by atoms with Crippen LogP contribution in [0.2, 0.25) is 19.6 Å². The molecule has 1 aromatic rings. The second-order valence-corrected chi connectivity index (χ2v) is 11.4. The lowest BCUT2D eigenvalue weighted by Crippen LogP contribution is -2.46. The van der Waals surface area contributed by atoms with E-state index in [-0.39, 0.29) is 23.5 Å². The lowest BCUT2D eigenvalue weighted by molar-refractivity contribution is 0.251. The van der Waals surface area contributed by atoms with Crippen LogP contribution >= 0.6 is 0 Å². The Morgan fingerprint density at radius 3 is 2.33 bits per heavy atom. The number of rotatable bonds is 1. The largest absolute Gasteiger partial charge is 0.347 e. The number of fused-ring (bicyclic) bond motifs is 1. The molecule has 5 nitrogen and oxygen atoms in total. The molecule has 3 heterocycles. The van der Waals surface area contributed by atoms with Crippen LogP contribution in [-0.4, -0.2) is 22.0 Å². The number of aromatic nitrogens is 3. The summed E-state index contributed by atoms with van der Waals surface area (Å²) < 4.78 is 4.58. The van der Waals surface area contributed by atoms with Crippen LogP contribution in [0.3, 0.4) is 0 Å². The van der Waals surface area contributed by atoms with Crippen molar-refractivity contribution >= 4 is 8.07 Å². The summed E-state index contributed by atoms with van der Waals surface area (Å²) in [6, 6.07) is 0.196. The van der Waals surface area contributed by atoms with Gasteiger partial charge in [0.25, 0.3) is 0 Å². The van der Waals surface area contributed by atoms with E-state index >= 15 is 0 Å². The number of hydrogen-bond donors (Lipinski definition) is 0. The molecule has 2 atom stereocenters. The van der Waals surface area contributed by atoms with Gasteiger partial charge in [-0.25, -0.2) is 23.5 Å². The van der Waals surface area contributed by atoms with Gasteiger partial charge in [-0.2, -0.15) is 0 Å². The van der Waals surface area contributed by atoms with E-state index in [0.29, 0.717) is 0 Å². The van der Waals surface area contributed by atoms with Gasteiger partial charge >= 0.3 is 11.4 Å². The molecule has 0 saturated carbocycles. The van der Waals surface area contributed by atoms with Gasteiger partial charge in [0, 0.05) is 7.05 Å². The topological polar surface area (TPSA) is 48.9 Å². The molecule has 2 aliphatic heterocycles. The molecule has 0 radical (unpaired) electrons. The summed E-state index contributed by atoms with van der Waals surface area (Å²) >= 11 is 0. The van der Waals surface area contributed by atoms with Crippen LogP contribution in [0.4, 0.5) is 0 Å². The third-order valence-corrected chi connectivity index (χ3v) is 6.37. The molecule has 1 aliphatic carbocycles. The van der Waals surface area contributed by atoms with Crippen LogP contribution in [-0.2, 0) is 7.05 Å². The highest BCUT2D eigenvalue weighted by Gasteiger charge is 2.41. The van der Waals surface area contributed by atoms with E-state index < -0.39 is 8.07 Å². The Labute approximate surface area is 106 Å². The molecule has 0 N–H and O–H groups in total. The van der Waals surface area contributed by atoms with Gasteiger partial charge in [-0.05, 0) is 12.8 Å². The van der Waals surface area contributed by atoms with Gasteiger partial charge in [0.2, 0.25) is 0 Å². The Hall–Kier alpha value is -1.30. The van der Waals surface area contributed by atoms with Gasteiger partial charge < -0.3 is 0 Å². The molecule has 3 aliphatic rings. The summed E-state index contributed by atoms with van der Waals surface area (Å²) in [6.45, 7) is 6.90. The molecule has 0 fully saturated rings. The zero-order chi connectivity index (χ0) is 13.2. The Balaban J connectivity index is 2.28.